The zero-order valence-corrected chi connectivity index (χ0v) is 18.2. The highest BCUT2D eigenvalue weighted by atomic mass is 16.6. The molecule has 0 aromatic heterocycles. The van der Waals surface area contributed by atoms with Crippen LogP contribution in [0.15, 0.2) is 91.0 Å². The highest BCUT2D eigenvalue weighted by molar-refractivity contribution is 5.89. The summed E-state index contributed by atoms with van der Waals surface area (Å²) < 4.78 is 5.68. The van der Waals surface area contributed by atoms with Crippen LogP contribution in [-0.2, 0) is 4.74 Å². The number of carbonyl (C=O) groups excluding carboxylic acids is 1. The highest BCUT2D eigenvalue weighted by Gasteiger charge is 2.34. The van der Waals surface area contributed by atoms with E-state index in [9.17, 15) is 4.79 Å². The number of hydrogen-bond donors (Lipinski definition) is 0. The molecule has 0 spiro atoms. The van der Waals surface area contributed by atoms with Crippen LogP contribution in [0.3, 0.4) is 0 Å². The first-order chi connectivity index (χ1) is 15.8. The van der Waals surface area contributed by atoms with Gasteiger partial charge in [-0.2, -0.15) is 0 Å². The number of ether oxygens (including phenoxy) is 1. The lowest BCUT2D eigenvalue weighted by molar-refractivity contribution is 0.0672. The molecule has 2 fully saturated rings. The molecule has 0 N–H and O–H groups in total. The Morgan fingerprint density at radius 2 is 1.28 bits per heavy atom. The summed E-state index contributed by atoms with van der Waals surface area (Å²) in [4.78, 5) is 19.1. The van der Waals surface area contributed by atoms with Crippen LogP contribution >= 0.6 is 0 Å². The summed E-state index contributed by atoms with van der Waals surface area (Å²) in [5.74, 6) is 0. The van der Waals surface area contributed by atoms with Crippen LogP contribution in [0.4, 0.5) is 10.5 Å². The summed E-state index contributed by atoms with van der Waals surface area (Å²) >= 11 is 0. The van der Waals surface area contributed by atoms with Crippen LogP contribution in [0.2, 0.25) is 0 Å². The van der Waals surface area contributed by atoms with E-state index in [1.54, 1.807) is 4.90 Å². The summed E-state index contributed by atoms with van der Waals surface area (Å²) in [5, 5.41) is 0. The van der Waals surface area contributed by atoms with Crippen molar-refractivity contribution in [1.82, 2.24) is 9.80 Å². The Labute approximate surface area is 189 Å². The van der Waals surface area contributed by atoms with Gasteiger partial charge in [-0.25, -0.2) is 4.79 Å². The number of rotatable bonds is 6. The van der Waals surface area contributed by atoms with Gasteiger partial charge in [-0.15, -0.1) is 0 Å². The number of hydrogen-bond acceptors (Lipinski definition) is 4. The van der Waals surface area contributed by atoms with Gasteiger partial charge in [-0.3, -0.25) is 14.7 Å². The molecular formula is C27H29N3O2. The normalized spacial score (nSPS) is 20.0. The molecule has 2 saturated heterocycles. The number of para-hydroxylation sites is 1. The molecule has 32 heavy (non-hydrogen) atoms. The smallest absolute Gasteiger partial charge is 0.414 e. The van der Waals surface area contributed by atoms with Crippen LogP contribution < -0.4 is 4.90 Å². The summed E-state index contributed by atoms with van der Waals surface area (Å²) in [7, 11) is 0. The van der Waals surface area contributed by atoms with Crippen LogP contribution in [-0.4, -0.2) is 61.3 Å². The van der Waals surface area contributed by atoms with E-state index in [-0.39, 0.29) is 18.2 Å². The Hall–Kier alpha value is -3.15. The third-order valence-electron chi connectivity index (χ3n) is 6.41. The number of carbonyl (C=O) groups is 1. The third-order valence-corrected chi connectivity index (χ3v) is 6.41. The molecule has 2 aliphatic heterocycles. The maximum absolute atomic E-state index is 12.4. The van der Waals surface area contributed by atoms with Crippen molar-refractivity contribution >= 4 is 11.8 Å². The number of anilines is 1. The fraction of sp³-hybridized carbons (Fsp3) is 0.296. The zero-order valence-electron chi connectivity index (χ0n) is 18.2. The highest BCUT2D eigenvalue weighted by Crippen LogP contribution is 2.30. The molecule has 0 aliphatic carbocycles. The van der Waals surface area contributed by atoms with Crippen molar-refractivity contribution < 1.29 is 9.53 Å². The fourth-order valence-corrected chi connectivity index (χ4v) is 4.81. The minimum Gasteiger partial charge on any atom is -0.443 e. The molecule has 1 amide bonds. The van der Waals surface area contributed by atoms with Gasteiger partial charge in [0.05, 0.1) is 12.6 Å². The molecule has 0 saturated carbocycles. The van der Waals surface area contributed by atoms with Crippen LogP contribution in [0.25, 0.3) is 0 Å². The van der Waals surface area contributed by atoms with E-state index in [1.807, 2.05) is 30.3 Å². The molecule has 3 aromatic rings. The number of piperazine rings is 1. The third kappa shape index (κ3) is 4.54. The van der Waals surface area contributed by atoms with Gasteiger partial charge in [0.25, 0.3) is 0 Å². The predicted molar refractivity (Wildman–Crippen MR) is 127 cm³/mol. The van der Waals surface area contributed by atoms with E-state index in [0.29, 0.717) is 6.54 Å². The lowest BCUT2D eigenvalue weighted by atomic mass is 9.96. The SMILES string of the molecule is O=C1OC(CN2CCN(C(c3ccccc3)c3ccccc3)CC2)CN1c1ccccc1. The molecule has 5 rings (SSSR count). The quantitative estimate of drug-likeness (QED) is 0.584. The first-order valence-electron chi connectivity index (χ1n) is 11.4. The number of amides is 1. The molecule has 3 aromatic carbocycles. The molecule has 5 heteroatoms. The van der Waals surface area contributed by atoms with Crippen LogP contribution in [0, 0.1) is 0 Å². The molecule has 5 nitrogen and oxygen atoms in total. The Kier molecular flexibility index (Phi) is 6.19. The molecule has 1 atom stereocenters. The Bertz CT molecular complexity index is 965. The Balaban J connectivity index is 1.21. The van der Waals surface area contributed by atoms with E-state index in [1.165, 1.54) is 11.1 Å². The lowest BCUT2D eigenvalue weighted by Crippen LogP contribution is -2.50. The first kappa shape index (κ1) is 20.7. The van der Waals surface area contributed by atoms with Gasteiger partial charge < -0.3 is 4.74 Å². The number of cyclic esters (lactones) is 1. The monoisotopic (exact) mass is 427 g/mol. The van der Waals surface area contributed by atoms with Crippen LogP contribution in [0.1, 0.15) is 17.2 Å². The summed E-state index contributed by atoms with van der Waals surface area (Å²) in [6.07, 6.45) is -0.332. The van der Waals surface area contributed by atoms with Crippen LogP contribution in [0.5, 0.6) is 0 Å². The average molecular weight is 428 g/mol. The second-order valence-corrected chi connectivity index (χ2v) is 8.51. The molecule has 164 valence electrons. The topological polar surface area (TPSA) is 36.0 Å². The maximum Gasteiger partial charge on any atom is 0.414 e. The van der Waals surface area contributed by atoms with E-state index >= 15 is 0 Å². The van der Waals surface area contributed by atoms with Gasteiger partial charge in [0.15, 0.2) is 0 Å². The van der Waals surface area contributed by atoms with Gasteiger partial charge >= 0.3 is 6.09 Å². The minimum absolute atomic E-state index is 0.0895. The van der Waals surface area contributed by atoms with E-state index in [4.69, 9.17) is 4.74 Å². The molecular weight excluding hydrogens is 398 g/mol. The largest absolute Gasteiger partial charge is 0.443 e. The van der Waals surface area contributed by atoms with Crippen molar-refractivity contribution in [2.75, 3.05) is 44.2 Å². The lowest BCUT2D eigenvalue weighted by Gasteiger charge is -2.40. The van der Waals surface area contributed by atoms with Gasteiger partial charge in [0, 0.05) is 38.4 Å². The molecule has 0 bridgehead atoms. The van der Waals surface area contributed by atoms with Crippen molar-refractivity contribution in [3.63, 3.8) is 0 Å². The van der Waals surface area contributed by atoms with Crippen molar-refractivity contribution in [2.24, 2.45) is 0 Å². The average Bonchev–Trinajstić information content (AvgIpc) is 3.22. The molecule has 1 unspecified atom stereocenters. The molecule has 2 aliphatic rings. The van der Waals surface area contributed by atoms with E-state index < -0.39 is 0 Å². The predicted octanol–water partition coefficient (Wildman–Crippen LogP) is 4.42. The Morgan fingerprint density at radius 3 is 1.84 bits per heavy atom. The van der Waals surface area contributed by atoms with Crippen molar-refractivity contribution in [3.05, 3.63) is 102 Å². The van der Waals surface area contributed by atoms with Gasteiger partial charge in [0.2, 0.25) is 0 Å². The summed E-state index contributed by atoms with van der Waals surface area (Å²) in [6, 6.07) is 31.5. The summed E-state index contributed by atoms with van der Waals surface area (Å²) in [6.45, 7) is 5.30. The standard InChI is InChI=1S/C27H29N3O2/c31-27-30(24-14-8-3-9-15-24)21-25(32-27)20-28-16-18-29(19-17-28)26(22-10-4-1-5-11-22)23-12-6-2-7-13-23/h1-15,25-26H,16-21H2. The molecule has 0 radical (unpaired) electrons. The van der Waals surface area contributed by atoms with Crippen molar-refractivity contribution in [3.8, 4) is 0 Å². The van der Waals surface area contributed by atoms with E-state index in [2.05, 4.69) is 70.5 Å². The summed E-state index contributed by atoms with van der Waals surface area (Å²) in [5.41, 5.74) is 3.56. The second kappa shape index (κ2) is 9.55. The number of nitrogens with zero attached hydrogens (tertiary/aromatic N) is 3. The van der Waals surface area contributed by atoms with Gasteiger partial charge in [0.1, 0.15) is 6.10 Å². The van der Waals surface area contributed by atoms with Crippen molar-refractivity contribution in [1.29, 1.82) is 0 Å². The van der Waals surface area contributed by atoms with E-state index in [0.717, 1.165) is 38.4 Å². The van der Waals surface area contributed by atoms with Gasteiger partial charge in [-0.1, -0.05) is 78.9 Å². The minimum atomic E-state index is -0.243. The van der Waals surface area contributed by atoms with Crippen molar-refractivity contribution in [2.45, 2.75) is 12.1 Å². The second-order valence-electron chi connectivity index (χ2n) is 8.51. The fourth-order valence-electron chi connectivity index (χ4n) is 4.81. The zero-order chi connectivity index (χ0) is 21.8. The first-order valence-corrected chi connectivity index (χ1v) is 11.4. The Morgan fingerprint density at radius 1 is 0.750 bits per heavy atom. The molecule has 2 heterocycles. The maximum atomic E-state index is 12.4. The van der Waals surface area contributed by atoms with Gasteiger partial charge in [-0.05, 0) is 23.3 Å². The number of benzene rings is 3.